The number of esters is 1. The minimum atomic E-state index is -4.11. The number of rotatable bonds is 7. The number of benzene rings is 2. The molecule has 0 aliphatic rings. The molecule has 0 N–H and O–H groups in total. The van der Waals surface area contributed by atoms with Gasteiger partial charge in [-0.25, -0.2) is 4.79 Å². The van der Waals surface area contributed by atoms with Gasteiger partial charge in [0.15, 0.2) is 5.69 Å². The molecule has 0 aliphatic carbocycles. The topological polar surface area (TPSA) is 92.3 Å². The molecular weight excluding hydrogens is 446 g/mol. The monoisotopic (exact) mass is 468 g/mol. The van der Waals surface area contributed by atoms with Gasteiger partial charge in [0.05, 0.1) is 12.3 Å². The van der Waals surface area contributed by atoms with Crippen LogP contribution in [0.3, 0.4) is 0 Å². The molecule has 8 nitrogen and oxygen atoms in total. The zero-order chi connectivity index (χ0) is 24.5. The Balaban J connectivity index is 1.60. The van der Waals surface area contributed by atoms with Gasteiger partial charge in [0.25, 0.3) is 5.89 Å². The number of carbonyl (C=O) groups is 1. The van der Waals surface area contributed by atoms with Crippen molar-refractivity contribution < 1.29 is 27.6 Å². The third kappa shape index (κ3) is 4.52. The first-order valence-electron chi connectivity index (χ1n) is 10.5. The Morgan fingerprint density at radius 2 is 1.76 bits per heavy atom. The Bertz CT molecular complexity index is 1310. The zero-order valence-electron chi connectivity index (χ0n) is 19.0. The van der Waals surface area contributed by atoms with Gasteiger partial charge in [0.1, 0.15) is 5.75 Å². The van der Waals surface area contributed by atoms with Crippen molar-refractivity contribution in [2.75, 3.05) is 6.61 Å². The second-order valence-corrected chi connectivity index (χ2v) is 7.61. The summed E-state index contributed by atoms with van der Waals surface area (Å²) >= 11 is 0. The van der Waals surface area contributed by atoms with Crippen LogP contribution < -0.4 is 4.74 Å². The first kappa shape index (κ1) is 23.1. The van der Waals surface area contributed by atoms with Gasteiger partial charge in [-0.15, -0.1) is 0 Å². The van der Waals surface area contributed by atoms with E-state index >= 15 is 0 Å². The molecule has 4 rings (SSSR count). The van der Waals surface area contributed by atoms with E-state index in [1.807, 2.05) is 43.4 Å². The van der Waals surface area contributed by atoms with Crippen molar-refractivity contribution in [3.63, 3.8) is 0 Å². The van der Waals surface area contributed by atoms with E-state index in [4.69, 9.17) is 9.26 Å². The molecule has 0 radical (unpaired) electrons. The molecule has 0 saturated carbocycles. The highest BCUT2D eigenvalue weighted by Crippen LogP contribution is 2.34. The summed E-state index contributed by atoms with van der Waals surface area (Å²) in [6, 6.07) is 14.8. The highest BCUT2D eigenvalue weighted by Gasteiger charge is 2.44. The van der Waals surface area contributed by atoms with Crippen LogP contribution in [0.4, 0.5) is 8.78 Å². The van der Waals surface area contributed by atoms with Gasteiger partial charge < -0.3 is 14.0 Å². The number of halogens is 2. The maximum absolute atomic E-state index is 14.1. The lowest BCUT2D eigenvalue weighted by Crippen LogP contribution is -2.37. The quantitative estimate of drug-likeness (QED) is 0.354. The van der Waals surface area contributed by atoms with E-state index in [2.05, 4.69) is 20.0 Å². The number of aromatic nitrogens is 4. The number of alkyl halides is 2. The lowest BCUT2D eigenvalue weighted by atomic mass is 10.1. The van der Waals surface area contributed by atoms with Crippen molar-refractivity contribution in [2.45, 2.75) is 26.9 Å². The number of hydrogen-bond acceptors (Lipinski definition) is 7. The van der Waals surface area contributed by atoms with Crippen LogP contribution in [-0.4, -0.2) is 38.6 Å². The summed E-state index contributed by atoms with van der Waals surface area (Å²) < 4.78 is 44.4. The van der Waals surface area contributed by atoms with Crippen LogP contribution in [0.1, 0.15) is 18.1 Å². The van der Waals surface area contributed by atoms with Crippen LogP contribution in [0, 0.1) is 13.8 Å². The zero-order valence-corrected chi connectivity index (χ0v) is 19.0. The van der Waals surface area contributed by atoms with Crippen LogP contribution in [0.15, 0.2) is 53.1 Å². The highest BCUT2D eigenvalue weighted by atomic mass is 19.3. The summed E-state index contributed by atoms with van der Waals surface area (Å²) in [7, 11) is 1.82. The molecule has 0 bridgehead atoms. The second-order valence-electron chi connectivity index (χ2n) is 7.61. The van der Waals surface area contributed by atoms with Crippen molar-refractivity contribution in [3.05, 3.63) is 59.7 Å². The fourth-order valence-corrected chi connectivity index (χ4v) is 3.52. The molecule has 0 spiro atoms. The molecule has 176 valence electrons. The fraction of sp³-hybridized carbons (Fsp3) is 0.250. The molecular formula is C24H22F2N4O4. The summed E-state index contributed by atoms with van der Waals surface area (Å²) in [6.07, 6.45) is -4.11. The van der Waals surface area contributed by atoms with Gasteiger partial charge >= 0.3 is 12.1 Å². The molecule has 0 fully saturated rings. The minimum Gasteiger partial charge on any atom is -0.459 e. The standard InChI is InChI=1S/C24H22F2N4O4/c1-5-32-23(31)24(25,26)33-20-14(2)11-17(12-15(20)3)21-27-22(34-29-21)18-13-19(30(4)28-18)16-9-7-6-8-10-16/h6-13H,5H2,1-4H3. The Kier molecular flexibility index (Phi) is 6.14. The molecule has 2 aromatic carbocycles. The van der Waals surface area contributed by atoms with Crippen LogP contribution in [0.5, 0.6) is 5.75 Å². The predicted octanol–water partition coefficient (Wildman–Crippen LogP) is 4.96. The van der Waals surface area contributed by atoms with Gasteiger partial charge in [0, 0.05) is 12.6 Å². The Morgan fingerprint density at radius 3 is 2.41 bits per heavy atom. The van der Waals surface area contributed by atoms with Crippen molar-refractivity contribution in [3.8, 4) is 40.0 Å². The number of hydrogen-bond donors (Lipinski definition) is 0. The third-order valence-corrected chi connectivity index (χ3v) is 5.06. The van der Waals surface area contributed by atoms with Crippen molar-refractivity contribution >= 4 is 5.97 Å². The maximum Gasteiger partial charge on any atom is 0.502 e. The summed E-state index contributed by atoms with van der Waals surface area (Å²) in [5, 5.41) is 8.47. The van der Waals surface area contributed by atoms with Crippen LogP contribution in [0.2, 0.25) is 0 Å². The van der Waals surface area contributed by atoms with Crippen LogP contribution in [-0.2, 0) is 16.6 Å². The predicted molar refractivity (Wildman–Crippen MR) is 119 cm³/mol. The van der Waals surface area contributed by atoms with E-state index in [9.17, 15) is 13.6 Å². The van der Waals surface area contributed by atoms with Gasteiger partial charge in [-0.3, -0.25) is 4.68 Å². The van der Waals surface area contributed by atoms with Gasteiger partial charge in [-0.2, -0.15) is 18.9 Å². The molecule has 0 amide bonds. The highest BCUT2D eigenvalue weighted by molar-refractivity contribution is 5.76. The van der Waals surface area contributed by atoms with Gasteiger partial charge in [-0.1, -0.05) is 35.5 Å². The van der Waals surface area contributed by atoms with Crippen molar-refractivity contribution in [1.29, 1.82) is 0 Å². The Morgan fingerprint density at radius 1 is 1.09 bits per heavy atom. The van der Waals surface area contributed by atoms with Crippen molar-refractivity contribution in [2.24, 2.45) is 7.05 Å². The lowest BCUT2D eigenvalue weighted by Gasteiger charge is -2.19. The van der Waals surface area contributed by atoms with E-state index in [1.54, 1.807) is 30.7 Å². The first-order chi connectivity index (χ1) is 16.2. The van der Waals surface area contributed by atoms with E-state index in [0.29, 0.717) is 22.4 Å². The molecule has 0 saturated heterocycles. The molecule has 10 heteroatoms. The lowest BCUT2D eigenvalue weighted by molar-refractivity contribution is -0.216. The third-order valence-electron chi connectivity index (χ3n) is 5.06. The second kappa shape index (κ2) is 9.05. The molecule has 0 unspecified atom stereocenters. The molecule has 2 aromatic heterocycles. The number of carbonyl (C=O) groups excluding carboxylic acids is 1. The van der Waals surface area contributed by atoms with Gasteiger partial charge in [0.2, 0.25) is 5.82 Å². The molecule has 2 heterocycles. The smallest absolute Gasteiger partial charge is 0.459 e. The molecule has 34 heavy (non-hydrogen) atoms. The van der Waals surface area contributed by atoms with Crippen LogP contribution >= 0.6 is 0 Å². The van der Waals surface area contributed by atoms with E-state index < -0.39 is 12.1 Å². The summed E-state index contributed by atoms with van der Waals surface area (Å²) in [5.74, 6) is -1.39. The summed E-state index contributed by atoms with van der Waals surface area (Å²) in [4.78, 5) is 15.9. The van der Waals surface area contributed by atoms with E-state index in [1.165, 1.54) is 6.92 Å². The molecule has 0 atom stereocenters. The number of nitrogens with zero attached hydrogens (tertiary/aromatic N) is 4. The maximum atomic E-state index is 14.1. The SMILES string of the molecule is CCOC(=O)C(F)(F)Oc1c(C)cc(-c2noc(-c3cc(-c4ccccc4)n(C)n3)n2)cc1C. The number of aryl methyl sites for hydroxylation is 3. The van der Waals surface area contributed by atoms with Gasteiger partial charge in [-0.05, 0) is 55.7 Å². The molecule has 0 aliphatic heterocycles. The molecule has 4 aromatic rings. The van der Waals surface area contributed by atoms with E-state index in [0.717, 1.165) is 11.3 Å². The first-order valence-corrected chi connectivity index (χ1v) is 10.5. The van der Waals surface area contributed by atoms with Crippen molar-refractivity contribution in [1.82, 2.24) is 19.9 Å². The summed E-state index contributed by atoms with van der Waals surface area (Å²) in [5.41, 5.74) is 3.65. The van der Waals surface area contributed by atoms with Crippen LogP contribution in [0.25, 0.3) is 34.2 Å². The Labute approximate surface area is 194 Å². The summed E-state index contributed by atoms with van der Waals surface area (Å²) in [6.45, 7) is 4.42. The minimum absolute atomic E-state index is 0.122. The largest absolute Gasteiger partial charge is 0.502 e. The average Bonchev–Trinajstić information content (AvgIpc) is 3.44. The Hall–Kier alpha value is -4.08. The fourth-order valence-electron chi connectivity index (χ4n) is 3.52. The van der Waals surface area contributed by atoms with E-state index in [-0.39, 0.29) is 24.1 Å². The average molecular weight is 468 g/mol. The normalized spacial score (nSPS) is 11.5. The number of ether oxygens (including phenoxy) is 2.